The van der Waals surface area contributed by atoms with Crippen LogP contribution in [0.25, 0.3) is 0 Å². The molecule has 0 atom stereocenters. The Hall–Kier alpha value is -2.29. The lowest BCUT2D eigenvalue weighted by Gasteiger charge is -2.30. The molecule has 0 radical (unpaired) electrons. The normalized spacial score (nSPS) is 15.9. The fraction of sp³-hybridized carbons (Fsp3) is 0.435. The molecule has 0 unspecified atom stereocenters. The molecule has 1 saturated heterocycles. The highest BCUT2D eigenvalue weighted by Crippen LogP contribution is 2.26. The van der Waals surface area contributed by atoms with Gasteiger partial charge in [-0.25, -0.2) is 12.8 Å². The molecule has 0 aromatic heterocycles. The van der Waals surface area contributed by atoms with E-state index in [-0.39, 0.29) is 29.8 Å². The van der Waals surface area contributed by atoms with Crippen LogP contribution < -0.4 is 5.32 Å². The number of rotatable bonds is 8. The van der Waals surface area contributed by atoms with E-state index in [4.69, 9.17) is 0 Å². The van der Waals surface area contributed by atoms with E-state index in [1.54, 1.807) is 0 Å². The second-order valence-corrected chi connectivity index (χ2v) is 9.67. The Balaban J connectivity index is 1.59. The molecular weight excluding hydrogens is 417 g/mol. The Bertz CT molecular complexity index is 1000. The lowest BCUT2D eigenvalue weighted by Crippen LogP contribution is -2.41. The first-order valence-electron chi connectivity index (χ1n) is 10.7. The van der Waals surface area contributed by atoms with Crippen LogP contribution in [-0.4, -0.2) is 49.7 Å². The van der Waals surface area contributed by atoms with Crippen LogP contribution in [0, 0.1) is 11.7 Å². The van der Waals surface area contributed by atoms with Crippen LogP contribution in [0.1, 0.15) is 32.3 Å². The molecule has 6 nitrogen and oxygen atoms in total. The Morgan fingerprint density at radius 1 is 1.10 bits per heavy atom. The third-order valence-electron chi connectivity index (χ3n) is 5.77. The van der Waals surface area contributed by atoms with E-state index >= 15 is 0 Å². The number of hydrogen-bond donors (Lipinski definition) is 1. The molecule has 0 spiro atoms. The summed E-state index contributed by atoms with van der Waals surface area (Å²) in [5.74, 6) is -1.15. The van der Waals surface area contributed by atoms with Crippen molar-refractivity contribution < 1.29 is 17.6 Å². The van der Waals surface area contributed by atoms with Crippen molar-refractivity contribution in [3.63, 3.8) is 0 Å². The molecular formula is C23H30FN3O3S. The first-order chi connectivity index (χ1) is 14.8. The van der Waals surface area contributed by atoms with Crippen molar-refractivity contribution in [2.24, 2.45) is 5.92 Å². The molecule has 2 aromatic carbocycles. The van der Waals surface area contributed by atoms with Gasteiger partial charge in [0.2, 0.25) is 15.9 Å². The predicted molar refractivity (Wildman–Crippen MR) is 120 cm³/mol. The second-order valence-electron chi connectivity index (χ2n) is 7.76. The summed E-state index contributed by atoms with van der Waals surface area (Å²) >= 11 is 0. The number of carbonyl (C=O) groups is 1. The van der Waals surface area contributed by atoms with Crippen LogP contribution in [0.2, 0.25) is 0 Å². The summed E-state index contributed by atoms with van der Waals surface area (Å²) in [6.07, 6.45) is 0.803. The maximum absolute atomic E-state index is 14.0. The summed E-state index contributed by atoms with van der Waals surface area (Å²) in [4.78, 5) is 14.7. The summed E-state index contributed by atoms with van der Waals surface area (Å²) in [5, 5.41) is 2.97. The van der Waals surface area contributed by atoms with E-state index in [1.807, 2.05) is 24.3 Å². The van der Waals surface area contributed by atoms with Crippen molar-refractivity contribution in [1.29, 1.82) is 0 Å². The average Bonchev–Trinajstić information content (AvgIpc) is 2.78. The van der Waals surface area contributed by atoms with Crippen molar-refractivity contribution >= 4 is 21.6 Å². The molecule has 31 heavy (non-hydrogen) atoms. The molecule has 3 rings (SSSR count). The third-order valence-corrected chi connectivity index (χ3v) is 7.71. The zero-order chi connectivity index (χ0) is 22.4. The summed E-state index contributed by atoms with van der Waals surface area (Å²) in [6, 6.07) is 13.2. The lowest BCUT2D eigenvalue weighted by atomic mass is 9.97. The maximum atomic E-state index is 14.0. The van der Waals surface area contributed by atoms with Gasteiger partial charge in [-0.1, -0.05) is 38.1 Å². The topological polar surface area (TPSA) is 69.7 Å². The summed E-state index contributed by atoms with van der Waals surface area (Å²) in [7, 11) is -3.90. The second kappa shape index (κ2) is 10.3. The molecule has 1 N–H and O–H groups in total. The molecule has 1 aliphatic heterocycles. The van der Waals surface area contributed by atoms with Gasteiger partial charge in [0.25, 0.3) is 0 Å². The first-order valence-corrected chi connectivity index (χ1v) is 12.2. The van der Waals surface area contributed by atoms with Gasteiger partial charge in [0.15, 0.2) is 0 Å². The number of halogens is 1. The number of nitrogens with zero attached hydrogens (tertiary/aromatic N) is 2. The maximum Gasteiger partial charge on any atom is 0.245 e. The highest BCUT2D eigenvalue weighted by Gasteiger charge is 2.33. The van der Waals surface area contributed by atoms with Gasteiger partial charge in [-0.2, -0.15) is 4.31 Å². The van der Waals surface area contributed by atoms with E-state index < -0.39 is 15.8 Å². The number of nitrogens with one attached hydrogen (secondary N) is 1. The van der Waals surface area contributed by atoms with Gasteiger partial charge in [-0.15, -0.1) is 0 Å². The number of amides is 1. The van der Waals surface area contributed by atoms with Gasteiger partial charge in [0.1, 0.15) is 10.7 Å². The zero-order valence-corrected chi connectivity index (χ0v) is 18.9. The Kier molecular flexibility index (Phi) is 7.80. The minimum Gasteiger partial charge on any atom is -0.326 e. The Morgan fingerprint density at radius 3 is 2.42 bits per heavy atom. The van der Waals surface area contributed by atoms with Crippen LogP contribution in [0.4, 0.5) is 10.1 Å². The third kappa shape index (κ3) is 5.70. The van der Waals surface area contributed by atoms with Gasteiger partial charge < -0.3 is 5.32 Å². The zero-order valence-electron chi connectivity index (χ0n) is 18.1. The fourth-order valence-corrected chi connectivity index (χ4v) is 5.38. The van der Waals surface area contributed by atoms with Gasteiger partial charge in [0.05, 0.1) is 0 Å². The van der Waals surface area contributed by atoms with Crippen LogP contribution in [0.15, 0.2) is 53.4 Å². The highest BCUT2D eigenvalue weighted by atomic mass is 32.2. The standard InChI is InChI=1S/C23H30FN3O3S/c1-3-26(4-2)17-18-8-7-9-20(16-18)25-23(28)19-12-14-27(15-13-19)31(29,30)22-11-6-5-10-21(22)24/h5-11,16,19H,3-4,12-15,17H2,1-2H3,(H,25,28). The number of piperidine rings is 1. The Labute approximate surface area is 184 Å². The lowest BCUT2D eigenvalue weighted by molar-refractivity contribution is -0.120. The van der Waals surface area contributed by atoms with Crippen LogP contribution in [0.5, 0.6) is 0 Å². The summed E-state index contributed by atoms with van der Waals surface area (Å²) in [5.41, 5.74) is 1.88. The quantitative estimate of drug-likeness (QED) is 0.670. The largest absolute Gasteiger partial charge is 0.326 e. The van der Waals surface area contributed by atoms with Gasteiger partial charge in [0, 0.05) is 31.2 Å². The predicted octanol–water partition coefficient (Wildman–Crippen LogP) is 3.71. The molecule has 8 heteroatoms. The van der Waals surface area contributed by atoms with Crippen molar-refractivity contribution in [3.05, 3.63) is 59.9 Å². The highest BCUT2D eigenvalue weighted by molar-refractivity contribution is 7.89. The molecule has 2 aromatic rings. The molecule has 0 bridgehead atoms. The summed E-state index contributed by atoms with van der Waals surface area (Å²) < 4.78 is 40.7. The average molecular weight is 448 g/mol. The fourth-order valence-electron chi connectivity index (χ4n) is 3.85. The number of anilines is 1. The molecule has 1 aliphatic rings. The monoisotopic (exact) mass is 447 g/mol. The van der Waals surface area contributed by atoms with Gasteiger partial charge in [-0.3, -0.25) is 9.69 Å². The smallest absolute Gasteiger partial charge is 0.245 e. The van der Waals surface area contributed by atoms with Crippen molar-refractivity contribution in [3.8, 4) is 0 Å². The molecule has 1 amide bonds. The number of hydrogen-bond acceptors (Lipinski definition) is 4. The van der Waals surface area contributed by atoms with E-state index in [0.29, 0.717) is 12.8 Å². The van der Waals surface area contributed by atoms with Crippen LogP contribution in [-0.2, 0) is 21.4 Å². The Morgan fingerprint density at radius 2 is 1.77 bits per heavy atom. The van der Waals surface area contributed by atoms with E-state index in [2.05, 4.69) is 24.1 Å². The van der Waals surface area contributed by atoms with Crippen LogP contribution >= 0.6 is 0 Å². The van der Waals surface area contributed by atoms with Gasteiger partial charge in [-0.05, 0) is 55.8 Å². The minimum absolute atomic E-state index is 0.108. The molecule has 1 heterocycles. The van der Waals surface area contributed by atoms with Crippen LogP contribution in [0.3, 0.4) is 0 Å². The van der Waals surface area contributed by atoms with Crippen molar-refractivity contribution in [2.45, 2.75) is 38.1 Å². The van der Waals surface area contributed by atoms with Crippen molar-refractivity contribution in [1.82, 2.24) is 9.21 Å². The van der Waals surface area contributed by atoms with E-state index in [0.717, 1.165) is 37.0 Å². The van der Waals surface area contributed by atoms with E-state index in [1.165, 1.54) is 22.5 Å². The summed E-state index contributed by atoms with van der Waals surface area (Å²) in [6.45, 7) is 7.36. The minimum atomic E-state index is -3.90. The number of sulfonamides is 1. The van der Waals surface area contributed by atoms with E-state index in [9.17, 15) is 17.6 Å². The molecule has 0 saturated carbocycles. The molecule has 0 aliphatic carbocycles. The SMILES string of the molecule is CCN(CC)Cc1cccc(NC(=O)C2CCN(S(=O)(=O)c3ccccc3F)CC2)c1. The van der Waals surface area contributed by atoms with Crippen molar-refractivity contribution in [2.75, 3.05) is 31.5 Å². The first kappa shape index (κ1) is 23.4. The molecule has 1 fully saturated rings. The van der Waals surface area contributed by atoms with Gasteiger partial charge >= 0.3 is 0 Å². The number of carbonyl (C=O) groups excluding carboxylic acids is 1. The molecule has 168 valence electrons. The number of benzene rings is 2.